The Kier molecular flexibility index (Phi) is 5.73. The van der Waals surface area contributed by atoms with E-state index in [-0.39, 0.29) is 27.6 Å². The molecule has 11 heteroatoms. The van der Waals surface area contributed by atoms with Crippen molar-refractivity contribution in [3.8, 4) is 0 Å². The summed E-state index contributed by atoms with van der Waals surface area (Å²) in [5.41, 5.74) is 0.610. The number of benzene rings is 2. The molecule has 0 atom stereocenters. The van der Waals surface area contributed by atoms with E-state index in [4.69, 9.17) is 9.56 Å². The summed E-state index contributed by atoms with van der Waals surface area (Å²) in [6.07, 6.45) is 1.23. The molecule has 0 fully saturated rings. The van der Waals surface area contributed by atoms with E-state index in [0.29, 0.717) is 0 Å². The predicted octanol–water partition coefficient (Wildman–Crippen LogP) is 2.12. The Balaban J connectivity index is 1.79. The van der Waals surface area contributed by atoms with Gasteiger partial charge in [0.05, 0.1) is 22.6 Å². The molecule has 0 radical (unpaired) electrons. The van der Waals surface area contributed by atoms with E-state index < -0.39 is 31.7 Å². The number of hydrogen-bond acceptors (Lipinski definition) is 6. The molecule has 2 aromatic carbocycles. The number of hydrogen-bond donors (Lipinski definition) is 3. The summed E-state index contributed by atoms with van der Waals surface area (Å²) in [6, 6.07) is 15.1. The van der Waals surface area contributed by atoms with E-state index in [1.807, 2.05) is 0 Å². The van der Waals surface area contributed by atoms with Crippen molar-refractivity contribution in [2.75, 3.05) is 10.0 Å². The van der Waals surface area contributed by atoms with Crippen LogP contribution < -0.4 is 15.2 Å². The molecule has 4 N–H and O–H groups in total. The second-order valence-corrected chi connectivity index (χ2v) is 9.31. The van der Waals surface area contributed by atoms with Crippen LogP contribution in [0.5, 0.6) is 0 Å². The fourth-order valence-corrected chi connectivity index (χ4v) is 4.41. The number of amides is 1. The van der Waals surface area contributed by atoms with Crippen LogP contribution in [0.25, 0.3) is 0 Å². The van der Waals surface area contributed by atoms with Crippen molar-refractivity contribution < 1.29 is 26.0 Å². The highest BCUT2D eigenvalue weighted by Crippen LogP contribution is 2.22. The maximum atomic E-state index is 12.6. The lowest BCUT2D eigenvalue weighted by Gasteiger charge is -2.08. The smallest absolute Gasteiger partial charge is 0.296 e. The van der Waals surface area contributed by atoms with Crippen molar-refractivity contribution in [3.05, 3.63) is 78.3 Å². The van der Waals surface area contributed by atoms with Gasteiger partial charge in [0.2, 0.25) is 0 Å². The van der Waals surface area contributed by atoms with Gasteiger partial charge in [-0.05, 0) is 36.4 Å². The third-order valence-electron chi connectivity index (χ3n) is 3.78. The lowest BCUT2D eigenvalue weighted by Crippen LogP contribution is -2.21. The first-order valence-electron chi connectivity index (χ1n) is 8.20. The maximum absolute atomic E-state index is 12.6. The normalized spacial score (nSPS) is 11.8. The Morgan fingerprint density at radius 1 is 0.931 bits per heavy atom. The van der Waals surface area contributed by atoms with Crippen LogP contribution in [0.3, 0.4) is 0 Å². The zero-order valence-electron chi connectivity index (χ0n) is 14.9. The Bertz CT molecular complexity index is 1240. The van der Waals surface area contributed by atoms with E-state index in [2.05, 4.69) is 10.0 Å². The van der Waals surface area contributed by atoms with E-state index in [1.165, 1.54) is 48.7 Å². The number of anilines is 2. The Morgan fingerprint density at radius 2 is 1.62 bits per heavy atom. The van der Waals surface area contributed by atoms with Gasteiger partial charge < -0.3 is 9.73 Å². The number of carbonyl (C=O) groups is 1. The summed E-state index contributed by atoms with van der Waals surface area (Å²) in [5, 5.41) is 7.46. The molecule has 0 saturated carbocycles. The number of rotatable bonds is 7. The molecule has 0 bridgehead atoms. The second-order valence-electron chi connectivity index (χ2n) is 6.03. The van der Waals surface area contributed by atoms with Gasteiger partial charge in [0.1, 0.15) is 0 Å². The summed E-state index contributed by atoms with van der Waals surface area (Å²) < 4.78 is 54.6. The molecular weight excluding hydrogens is 418 g/mol. The van der Waals surface area contributed by atoms with Crippen LogP contribution in [0.4, 0.5) is 11.4 Å². The van der Waals surface area contributed by atoms with Gasteiger partial charge in [0.15, 0.2) is 15.6 Å². The zero-order valence-corrected chi connectivity index (χ0v) is 16.5. The van der Waals surface area contributed by atoms with E-state index in [0.717, 1.165) is 0 Å². The van der Waals surface area contributed by atoms with E-state index in [9.17, 15) is 21.6 Å². The van der Waals surface area contributed by atoms with Crippen LogP contribution in [-0.4, -0.2) is 22.7 Å². The van der Waals surface area contributed by atoms with Gasteiger partial charge in [-0.25, -0.2) is 13.6 Å². The van der Waals surface area contributed by atoms with Crippen LogP contribution in [0, 0.1) is 0 Å². The molecule has 1 heterocycles. The largest absolute Gasteiger partial charge is 0.459 e. The highest BCUT2D eigenvalue weighted by molar-refractivity contribution is 7.90. The standard InChI is InChI=1S/C18H17N3O6S2/c19-29(25,26)21-15-6-4-5-14(11-15)20-18(22)17-13(9-10-27-17)12-28(23,24)16-7-2-1-3-8-16/h1-11,21H,12H2,(H,20,22)(H2,19,25,26). The third kappa shape index (κ3) is 5.44. The highest BCUT2D eigenvalue weighted by Gasteiger charge is 2.22. The molecule has 0 aliphatic heterocycles. The molecule has 0 aliphatic carbocycles. The molecule has 0 aliphatic rings. The number of carbonyl (C=O) groups excluding carboxylic acids is 1. The quantitative estimate of drug-likeness (QED) is 0.518. The average molecular weight is 435 g/mol. The minimum Gasteiger partial charge on any atom is -0.459 e. The van der Waals surface area contributed by atoms with Crippen molar-refractivity contribution in [1.29, 1.82) is 0 Å². The summed E-state index contributed by atoms with van der Waals surface area (Å²) in [4.78, 5) is 12.7. The van der Waals surface area contributed by atoms with Crippen LogP contribution in [-0.2, 0) is 25.8 Å². The molecule has 1 aromatic heterocycles. The summed E-state index contributed by atoms with van der Waals surface area (Å²) in [6.45, 7) is 0. The Labute approximate surface area is 167 Å². The van der Waals surface area contributed by atoms with E-state index >= 15 is 0 Å². The average Bonchev–Trinajstić information content (AvgIpc) is 3.09. The fraction of sp³-hybridized carbons (Fsp3) is 0.0556. The molecule has 0 unspecified atom stereocenters. The highest BCUT2D eigenvalue weighted by atomic mass is 32.2. The van der Waals surface area contributed by atoms with Crippen LogP contribution in [0.1, 0.15) is 16.1 Å². The van der Waals surface area contributed by atoms with Gasteiger partial charge in [0.25, 0.3) is 16.1 Å². The Hall–Kier alpha value is -3.15. The van der Waals surface area contributed by atoms with Crippen molar-refractivity contribution in [1.82, 2.24) is 0 Å². The molecule has 1 amide bonds. The first-order valence-corrected chi connectivity index (χ1v) is 11.4. The zero-order chi connectivity index (χ0) is 21.1. The predicted molar refractivity (Wildman–Crippen MR) is 107 cm³/mol. The van der Waals surface area contributed by atoms with E-state index in [1.54, 1.807) is 18.2 Å². The monoisotopic (exact) mass is 435 g/mol. The van der Waals surface area contributed by atoms with Gasteiger partial charge in [0, 0.05) is 11.3 Å². The lowest BCUT2D eigenvalue weighted by atomic mass is 10.2. The van der Waals surface area contributed by atoms with Gasteiger partial charge in [-0.1, -0.05) is 24.3 Å². The summed E-state index contributed by atoms with van der Waals surface area (Å²) in [7, 11) is -7.64. The first kappa shape index (κ1) is 20.6. The maximum Gasteiger partial charge on any atom is 0.296 e. The van der Waals surface area contributed by atoms with Crippen molar-refractivity contribution in [2.45, 2.75) is 10.6 Å². The molecule has 152 valence electrons. The minimum absolute atomic E-state index is 0.134. The summed E-state index contributed by atoms with van der Waals surface area (Å²) in [5.74, 6) is -1.25. The molecule has 9 nitrogen and oxygen atoms in total. The number of nitrogens with one attached hydrogen (secondary N) is 2. The Morgan fingerprint density at radius 3 is 2.31 bits per heavy atom. The van der Waals surface area contributed by atoms with Crippen molar-refractivity contribution in [3.63, 3.8) is 0 Å². The summed E-state index contributed by atoms with van der Waals surface area (Å²) >= 11 is 0. The lowest BCUT2D eigenvalue weighted by molar-refractivity contribution is 0.0996. The molecular formula is C18H17N3O6S2. The third-order valence-corrected chi connectivity index (χ3v) is 5.98. The topological polar surface area (TPSA) is 149 Å². The first-order chi connectivity index (χ1) is 13.6. The van der Waals surface area contributed by atoms with Gasteiger partial charge in [-0.2, -0.15) is 8.42 Å². The number of furan rings is 1. The van der Waals surface area contributed by atoms with Gasteiger partial charge in [-0.15, -0.1) is 0 Å². The molecule has 0 saturated heterocycles. The molecule has 29 heavy (non-hydrogen) atoms. The van der Waals surface area contributed by atoms with Gasteiger partial charge in [-0.3, -0.25) is 9.52 Å². The molecule has 3 aromatic rings. The number of nitrogens with two attached hydrogens (primary N) is 1. The van der Waals surface area contributed by atoms with Crippen LogP contribution in [0.2, 0.25) is 0 Å². The number of sulfone groups is 1. The van der Waals surface area contributed by atoms with Gasteiger partial charge >= 0.3 is 0 Å². The van der Waals surface area contributed by atoms with Crippen molar-refractivity contribution >= 4 is 37.3 Å². The minimum atomic E-state index is -3.97. The van der Waals surface area contributed by atoms with Crippen LogP contribution >= 0.6 is 0 Å². The molecule has 3 rings (SSSR count). The van der Waals surface area contributed by atoms with Crippen molar-refractivity contribution in [2.24, 2.45) is 5.14 Å². The SMILES string of the molecule is NS(=O)(=O)Nc1cccc(NC(=O)c2occc2CS(=O)(=O)c2ccccc2)c1. The second kappa shape index (κ2) is 8.07. The molecule has 0 spiro atoms. The van der Waals surface area contributed by atoms with Crippen LogP contribution in [0.15, 0.2) is 76.2 Å². The fourth-order valence-electron chi connectivity index (χ4n) is 2.58.